The molecule has 1 fully saturated rings. The lowest BCUT2D eigenvalue weighted by Crippen LogP contribution is -2.37. The van der Waals surface area contributed by atoms with Crippen molar-refractivity contribution in [2.75, 3.05) is 19.8 Å². The molecule has 1 atom stereocenters. The molecule has 2 N–H and O–H groups in total. The maximum absolute atomic E-state index is 11.4. The first-order valence-corrected chi connectivity index (χ1v) is 6.68. The lowest BCUT2D eigenvalue weighted by atomic mass is 10.1. The highest BCUT2D eigenvalue weighted by molar-refractivity contribution is 6.05. The first-order valence-electron chi connectivity index (χ1n) is 6.68. The number of benzene rings is 1. The third kappa shape index (κ3) is 2.75. The SMILES string of the molecule is O=C1CC(NCCc2ccc3c(c2)OCCO3)C(=O)N1. The van der Waals surface area contributed by atoms with Crippen molar-refractivity contribution in [3.8, 4) is 11.5 Å². The van der Waals surface area contributed by atoms with Crippen molar-refractivity contribution >= 4 is 11.8 Å². The molecule has 0 spiro atoms. The van der Waals surface area contributed by atoms with E-state index in [1.807, 2.05) is 18.2 Å². The van der Waals surface area contributed by atoms with Crippen LogP contribution < -0.4 is 20.1 Å². The van der Waals surface area contributed by atoms with Crippen molar-refractivity contribution in [3.63, 3.8) is 0 Å². The standard InChI is InChI=1S/C14H16N2O4/c17-13-8-10(14(18)16-13)15-4-3-9-1-2-11-12(7-9)20-6-5-19-11/h1-2,7,10,15H,3-6,8H2,(H,16,17,18). The van der Waals surface area contributed by atoms with Gasteiger partial charge >= 0.3 is 0 Å². The molecule has 2 amide bonds. The van der Waals surface area contributed by atoms with Gasteiger partial charge in [-0.1, -0.05) is 6.07 Å². The van der Waals surface area contributed by atoms with Gasteiger partial charge in [-0.15, -0.1) is 0 Å². The van der Waals surface area contributed by atoms with Crippen molar-refractivity contribution in [1.82, 2.24) is 10.6 Å². The van der Waals surface area contributed by atoms with Gasteiger partial charge < -0.3 is 14.8 Å². The van der Waals surface area contributed by atoms with Crippen LogP contribution in [0.4, 0.5) is 0 Å². The molecule has 2 aliphatic heterocycles. The molecule has 0 saturated carbocycles. The van der Waals surface area contributed by atoms with Gasteiger partial charge in [-0.05, 0) is 30.7 Å². The second-order valence-electron chi connectivity index (χ2n) is 4.85. The Balaban J connectivity index is 1.54. The molecule has 0 aliphatic carbocycles. The van der Waals surface area contributed by atoms with Gasteiger partial charge in [-0.25, -0.2) is 0 Å². The minimum Gasteiger partial charge on any atom is -0.486 e. The molecule has 0 bridgehead atoms. The summed E-state index contributed by atoms with van der Waals surface area (Å²) >= 11 is 0. The number of amides is 2. The Labute approximate surface area is 116 Å². The molecule has 0 radical (unpaired) electrons. The van der Waals surface area contributed by atoms with E-state index in [-0.39, 0.29) is 18.2 Å². The summed E-state index contributed by atoms with van der Waals surface area (Å²) in [6, 6.07) is 5.43. The second kappa shape index (κ2) is 5.50. The van der Waals surface area contributed by atoms with Gasteiger partial charge in [0.15, 0.2) is 11.5 Å². The van der Waals surface area contributed by atoms with Crippen molar-refractivity contribution < 1.29 is 19.1 Å². The van der Waals surface area contributed by atoms with Crippen LogP contribution in [0.2, 0.25) is 0 Å². The normalized spacial score (nSPS) is 20.9. The van der Waals surface area contributed by atoms with Gasteiger partial charge in [0.05, 0.1) is 12.5 Å². The first kappa shape index (κ1) is 12.9. The van der Waals surface area contributed by atoms with Crippen molar-refractivity contribution in [1.29, 1.82) is 0 Å². The van der Waals surface area contributed by atoms with Gasteiger partial charge in [0.1, 0.15) is 13.2 Å². The predicted octanol–water partition coefficient (Wildman–Crippen LogP) is 0.00500. The van der Waals surface area contributed by atoms with Crippen LogP contribution >= 0.6 is 0 Å². The minimum absolute atomic E-state index is 0.216. The van der Waals surface area contributed by atoms with Crippen molar-refractivity contribution in [2.45, 2.75) is 18.9 Å². The molecular formula is C14H16N2O4. The van der Waals surface area contributed by atoms with Crippen LogP contribution in [0, 0.1) is 0 Å². The van der Waals surface area contributed by atoms with Gasteiger partial charge in [-0.3, -0.25) is 14.9 Å². The van der Waals surface area contributed by atoms with E-state index in [4.69, 9.17) is 9.47 Å². The van der Waals surface area contributed by atoms with E-state index >= 15 is 0 Å². The van der Waals surface area contributed by atoms with Crippen LogP contribution in [0.5, 0.6) is 11.5 Å². The molecule has 0 aromatic heterocycles. The highest BCUT2D eigenvalue weighted by Gasteiger charge is 2.29. The zero-order valence-corrected chi connectivity index (χ0v) is 11.0. The van der Waals surface area contributed by atoms with Crippen LogP contribution in [0.3, 0.4) is 0 Å². The van der Waals surface area contributed by atoms with E-state index < -0.39 is 6.04 Å². The molecular weight excluding hydrogens is 260 g/mol. The predicted molar refractivity (Wildman–Crippen MR) is 70.7 cm³/mol. The quantitative estimate of drug-likeness (QED) is 0.757. The first-order chi connectivity index (χ1) is 9.72. The number of nitrogens with one attached hydrogen (secondary N) is 2. The summed E-state index contributed by atoms with van der Waals surface area (Å²) < 4.78 is 11.0. The highest BCUT2D eigenvalue weighted by atomic mass is 16.6. The van der Waals surface area contributed by atoms with Crippen molar-refractivity contribution in [3.05, 3.63) is 23.8 Å². The zero-order valence-electron chi connectivity index (χ0n) is 11.0. The summed E-state index contributed by atoms with van der Waals surface area (Å²) in [6.07, 6.45) is 0.981. The molecule has 2 aliphatic rings. The smallest absolute Gasteiger partial charge is 0.244 e. The monoisotopic (exact) mass is 276 g/mol. The van der Waals surface area contributed by atoms with Crippen LogP contribution in [0.1, 0.15) is 12.0 Å². The third-order valence-corrected chi connectivity index (χ3v) is 3.38. The average Bonchev–Trinajstić information content (AvgIpc) is 2.77. The second-order valence-corrected chi connectivity index (χ2v) is 4.85. The van der Waals surface area contributed by atoms with Gasteiger partial charge in [-0.2, -0.15) is 0 Å². The Bertz CT molecular complexity index is 544. The Morgan fingerprint density at radius 1 is 1.20 bits per heavy atom. The maximum Gasteiger partial charge on any atom is 0.244 e. The molecule has 20 heavy (non-hydrogen) atoms. The zero-order chi connectivity index (χ0) is 13.9. The summed E-state index contributed by atoms with van der Waals surface area (Å²) in [7, 11) is 0. The highest BCUT2D eigenvalue weighted by Crippen LogP contribution is 2.30. The maximum atomic E-state index is 11.4. The number of rotatable bonds is 4. The largest absolute Gasteiger partial charge is 0.486 e. The number of hydrogen-bond donors (Lipinski definition) is 2. The fourth-order valence-corrected chi connectivity index (χ4v) is 2.35. The molecule has 106 valence electrons. The Morgan fingerprint density at radius 2 is 2.00 bits per heavy atom. The number of carbonyl (C=O) groups is 2. The van der Waals surface area contributed by atoms with E-state index in [0.717, 1.165) is 23.5 Å². The molecule has 1 aromatic rings. The van der Waals surface area contributed by atoms with E-state index in [1.165, 1.54) is 0 Å². The van der Waals surface area contributed by atoms with E-state index in [0.29, 0.717) is 19.8 Å². The van der Waals surface area contributed by atoms with E-state index in [9.17, 15) is 9.59 Å². The summed E-state index contributed by atoms with van der Waals surface area (Å²) in [4.78, 5) is 22.4. The van der Waals surface area contributed by atoms with E-state index in [2.05, 4.69) is 10.6 Å². The minimum atomic E-state index is -0.403. The average molecular weight is 276 g/mol. The van der Waals surface area contributed by atoms with Gasteiger partial charge in [0, 0.05) is 0 Å². The summed E-state index contributed by atoms with van der Waals surface area (Å²) in [6.45, 7) is 1.78. The molecule has 1 saturated heterocycles. The Morgan fingerprint density at radius 3 is 2.75 bits per heavy atom. The summed E-state index contributed by atoms with van der Waals surface area (Å²) in [5.74, 6) is 1.08. The van der Waals surface area contributed by atoms with Crippen molar-refractivity contribution in [2.24, 2.45) is 0 Å². The van der Waals surface area contributed by atoms with Gasteiger partial charge in [0.2, 0.25) is 11.8 Å². The number of fused-ring (bicyclic) bond motifs is 1. The summed E-state index contributed by atoms with van der Waals surface area (Å²) in [5.41, 5.74) is 1.10. The third-order valence-electron chi connectivity index (χ3n) is 3.38. The lowest BCUT2D eigenvalue weighted by molar-refractivity contribution is -0.125. The molecule has 1 aromatic carbocycles. The molecule has 6 nitrogen and oxygen atoms in total. The molecule has 1 unspecified atom stereocenters. The van der Waals surface area contributed by atoms with Crippen LogP contribution in [-0.2, 0) is 16.0 Å². The molecule has 2 heterocycles. The number of hydrogen-bond acceptors (Lipinski definition) is 5. The fourth-order valence-electron chi connectivity index (χ4n) is 2.35. The lowest BCUT2D eigenvalue weighted by Gasteiger charge is -2.19. The van der Waals surface area contributed by atoms with Gasteiger partial charge in [0.25, 0.3) is 0 Å². The summed E-state index contributed by atoms with van der Waals surface area (Å²) in [5, 5.41) is 5.36. The van der Waals surface area contributed by atoms with Crippen LogP contribution in [0.25, 0.3) is 0 Å². The van der Waals surface area contributed by atoms with E-state index in [1.54, 1.807) is 0 Å². The molecule has 6 heteroatoms. The van der Waals surface area contributed by atoms with Crippen LogP contribution in [0.15, 0.2) is 18.2 Å². The Hall–Kier alpha value is -2.08. The topological polar surface area (TPSA) is 76.7 Å². The number of carbonyl (C=O) groups excluding carboxylic acids is 2. The fraction of sp³-hybridized carbons (Fsp3) is 0.429. The molecule has 3 rings (SSSR count). The number of imide groups is 1. The Kier molecular flexibility index (Phi) is 3.56. The number of ether oxygens (including phenoxy) is 2. The van der Waals surface area contributed by atoms with Crippen LogP contribution in [-0.4, -0.2) is 37.6 Å².